The van der Waals surface area contributed by atoms with E-state index in [1.54, 1.807) is 6.20 Å². The van der Waals surface area contributed by atoms with Gasteiger partial charge in [-0.3, -0.25) is 4.68 Å². The van der Waals surface area contributed by atoms with Crippen molar-refractivity contribution in [3.8, 4) is 0 Å². The van der Waals surface area contributed by atoms with Crippen LogP contribution < -0.4 is 5.73 Å². The zero-order chi connectivity index (χ0) is 10.7. The Balaban J connectivity index is 2.10. The van der Waals surface area contributed by atoms with Gasteiger partial charge in [-0.1, -0.05) is 24.4 Å². The minimum atomic E-state index is 0.509. The molecule has 2 rings (SSSR count). The molecule has 1 aromatic rings. The Kier molecular flexibility index (Phi) is 3.65. The Morgan fingerprint density at radius 3 is 2.93 bits per heavy atom. The summed E-state index contributed by atoms with van der Waals surface area (Å²) in [7, 11) is 0. The Morgan fingerprint density at radius 1 is 1.47 bits per heavy atom. The quantitative estimate of drug-likeness (QED) is 0.863. The van der Waals surface area contributed by atoms with Gasteiger partial charge in [0.25, 0.3) is 0 Å². The topological polar surface area (TPSA) is 43.8 Å². The molecule has 3 nitrogen and oxygen atoms in total. The molecule has 1 fully saturated rings. The van der Waals surface area contributed by atoms with Crippen LogP contribution in [-0.2, 0) is 0 Å². The van der Waals surface area contributed by atoms with Crippen LogP contribution in [0, 0.1) is 5.92 Å². The fourth-order valence-electron chi connectivity index (χ4n) is 2.58. The Bertz CT molecular complexity index is 309. The molecule has 2 N–H and O–H groups in total. The Hall–Kier alpha value is -0.540. The van der Waals surface area contributed by atoms with Crippen molar-refractivity contribution in [1.29, 1.82) is 0 Å². The summed E-state index contributed by atoms with van der Waals surface area (Å²) in [6.45, 7) is 0.774. The van der Waals surface area contributed by atoms with Crippen molar-refractivity contribution in [3.05, 3.63) is 17.4 Å². The van der Waals surface area contributed by atoms with E-state index in [9.17, 15) is 0 Å². The van der Waals surface area contributed by atoms with Crippen molar-refractivity contribution in [2.45, 2.75) is 38.1 Å². The van der Waals surface area contributed by atoms with Crippen molar-refractivity contribution in [2.24, 2.45) is 11.7 Å². The van der Waals surface area contributed by atoms with Gasteiger partial charge in [-0.05, 0) is 31.7 Å². The maximum Gasteiger partial charge on any atom is 0.0785 e. The number of rotatable bonds is 3. The van der Waals surface area contributed by atoms with E-state index in [4.69, 9.17) is 17.3 Å². The highest BCUT2D eigenvalue weighted by molar-refractivity contribution is 6.30. The Labute approximate surface area is 95.6 Å². The molecule has 2 atom stereocenters. The van der Waals surface area contributed by atoms with Gasteiger partial charge in [0.05, 0.1) is 17.3 Å². The van der Waals surface area contributed by atoms with Crippen molar-refractivity contribution >= 4 is 11.6 Å². The monoisotopic (exact) mass is 227 g/mol. The summed E-state index contributed by atoms with van der Waals surface area (Å²) < 4.78 is 2.03. The molecule has 0 aromatic carbocycles. The highest BCUT2D eigenvalue weighted by atomic mass is 35.5. The van der Waals surface area contributed by atoms with Crippen LogP contribution in [0.4, 0.5) is 0 Å². The fourth-order valence-corrected chi connectivity index (χ4v) is 2.73. The number of hydrogen-bond acceptors (Lipinski definition) is 2. The molecule has 2 unspecified atom stereocenters. The minimum Gasteiger partial charge on any atom is -0.330 e. The molecule has 4 heteroatoms. The second-order valence-corrected chi connectivity index (χ2v) is 4.76. The van der Waals surface area contributed by atoms with E-state index in [1.807, 2.05) is 10.9 Å². The van der Waals surface area contributed by atoms with Crippen LogP contribution >= 0.6 is 11.6 Å². The van der Waals surface area contributed by atoms with E-state index in [0.717, 1.165) is 18.0 Å². The summed E-state index contributed by atoms with van der Waals surface area (Å²) >= 11 is 5.90. The molecule has 0 saturated heterocycles. The van der Waals surface area contributed by atoms with Gasteiger partial charge < -0.3 is 5.73 Å². The average molecular weight is 228 g/mol. The van der Waals surface area contributed by atoms with E-state index in [1.165, 1.54) is 25.7 Å². The van der Waals surface area contributed by atoms with Crippen LogP contribution in [-0.4, -0.2) is 16.3 Å². The number of hydrogen-bond donors (Lipinski definition) is 1. The zero-order valence-corrected chi connectivity index (χ0v) is 9.66. The first-order valence-electron chi connectivity index (χ1n) is 5.71. The molecule has 0 bridgehead atoms. The van der Waals surface area contributed by atoms with Crippen LogP contribution in [0.2, 0.25) is 5.02 Å². The number of nitrogens with two attached hydrogens (primary N) is 1. The summed E-state index contributed by atoms with van der Waals surface area (Å²) in [6.07, 6.45) is 9.86. The van der Waals surface area contributed by atoms with Crippen molar-refractivity contribution in [3.63, 3.8) is 0 Å². The highest BCUT2D eigenvalue weighted by Crippen LogP contribution is 2.35. The molecule has 1 aliphatic rings. The zero-order valence-electron chi connectivity index (χ0n) is 8.90. The SMILES string of the molecule is NCCC1CCCCC1n1cc(Cl)cn1. The predicted molar refractivity (Wildman–Crippen MR) is 61.9 cm³/mol. The third kappa shape index (κ3) is 2.52. The predicted octanol–water partition coefficient (Wildman–Crippen LogP) is 2.62. The lowest BCUT2D eigenvalue weighted by Crippen LogP contribution is -2.25. The molecule has 1 aliphatic carbocycles. The van der Waals surface area contributed by atoms with Crippen molar-refractivity contribution in [1.82, 2.24) is 9.78 Å². The van der Waals surface area contributed by atoms with E-state index < -0.39 is 0 Å². The van der Waals surface area contributed by atoms with Gasteiger partial charge in [0.1, 0.15) is 0 Å². The van der Waals surface area contributed by atoms with E-state index in [2.05, 4.69) is 5.10 Å². The molecule has 1 saturated carbocycles. The van der Waals surface area contributed by atoms with Crippen LogP contribution in [0.15, 0.2) is 12.4 Å². The van der Waals surface area contributed by atoms with Crippen molar-refractivity contribution < 1.29 is 0 Å². The van der Waals surface area contributed by atoms with Crippen LogP contribution in [0.25, 0.3) is 0 Å². The van der Waals surface area contributed by atoms with Crippen molar-refractivity contribution in [2.75, 3.05) is 6.54 Å². The molecule has 15 heavy (non-hydrogen) atoms. The molecule has 1 aromatic heterocycles. The standard InChI is InChI=1S/C11H18ClN3/c12-10-7-14-15(8-10)11-4-2-1-3-9(11)5-6-13/h7-9,11H,1-6,13H2. The number of nitrogens with zero attached hydrogens (tertiary/aromatic N) is 2. The minimum absolute atomic E-state index is 0.509. The number of halogens is 1. The molecular formula is C11H18ClN3. The van der Waals surface area contributed by atoms with Gasteiger partial charge in [0.2, 0.25) is 0 Å². The summed E-state index contributed by atoms with van der Waals surface area (Å²) in [6, 6.07) is 0.509. The lowest BCUT2D eigenvalue weighted by atomic mass is 9.82. The Morgan fingerprint density at radius 2 is 2.27 bits per heavy atom. The second-order valence-electron chi connectivity index (χ2n) is 4.33. The smallest absolute Gasteiger partial charge is 0.0785 e. The summed E-state index contributed by atoms with van der Waals surface area (Å²) in [5.74, 6) is 0.680. The molecule has 0 radical (unpaired) electrons. The van der Waals surface area contributed by atoms with Gasteiger partial charge in [-0.25, -0.2) is 0 Å². The summed E-state index contributed by atoms with van der Waals surface area (Å²) in [4.78, 5) is 0. The van der Waals surface area contributed by atoms with E-state index in [0.29, 0.717) is 12.0 Å². The van der Waals surface area contributed by atoms with Gasteiger partial charge in [0.15, 0.2) is 0 Å². The lowest BCUT2D eigenvalue weighted by Gasteiger charge is -2.31. The molecule has 84 valence electrons. The third-order valence-corrected chi connectivity index (χ3v) is 3.51. The molecule has 1 heterocycles. The fraction of sp³-hybridized carbons (Fsp3) is 0.727. The second kappa shape index (κ2) is 4.99. The first kappa shape index (κ1) is 11.0. The van der Waals surface area contributed by atoms with Crippen LogP contribution in [0.1, 0.15) is 38.1 Å². The van der Waals surface area contributed by atoms with E-state index >= 15 is 0 Å². The van der Waals surface area contributed by atoms with Gasteiger partial charge >= 0.3 is 0 Å². The molecule has 0 aliphatic heterocycles. The van der Waals surface area contributed by atoms with Gasteiger partial charge in [-0.2, -0.15) is 5.10 Å². The normalized spacial score (nSPS) is 26.8. The number of aromatic nitrogens is 2. The van der Waals surface area contributed by atoms with Gasteiger partial charge in [0, 0.05) is 6.20 Å². The lowest BCUT2D eigenvalue weighted by molar-refractivity contribution is 0.214. The summed E-state index contributed by atoms with van der Waals surface area (Å²) in [5.41, 5.74) is 5.65. The average Bonchev–Trinajstić information content (AvgIpc) is 2.66. The first-order valence-corrected chi connectivity index (χ1v) is 6.09. The van der Waals surface area contributed by atoms with Gasteiger partial charge in [-0.15, -0.1) is 0 Å². The molecular weight excluding hydrogens is 210 g/mol. The van der Waals surface area contributed by atoms with Crippen LogP contribution in [0.3, 0.4) is 0 Å². The summed E-state index contributed by atoms with van der Waals surface area (Å²) in [5, 5.41) is 5.04. The largest absolute Gasteiger partial charge is 0.330 e. The van der Waals surface area contributed by atoms with Crippen LogP contribution in [0.5, 0.6) is 0 Å². The highest BCUT2D eigenvalue weighted by Gasteiger charge is 2.26. The first-order chi connectivity index (χ1) is 7.31. The molecule has 0 spiro atoms. The maximum atomic E-state index is 5.90. The third-order valence-electron chi connectivity index (χ3n) is 3.32. The maximum absolute atomic E-state index is 5.90. The van der Waals surface area contributed by atoms with E-state index in [-0.39, 0.29) is 0 Å². The molecule has 0 amide bonds.